The highest BCUT2D eigenvalue weighted by Gasteiger charge is 2.12. The zero-order valence-corrected chi connectivity index (χ0v) is 13.3. The summed E-state index contributed by atoms with van der Waals surface area (Å²) >= 11 is 0. The summed E-state index contributed by atoms with van der Waals surface area (Å²) in [5.74, 6) is 6.34. The lowest BCUT2D eigenvalue weighted by Gasteiger charge is -2.00. The molecule has 4 N–H and O–H groups in total. The topological polar surface area (TPSA) is 110 Å². The largest absolute Gasteiger partial charge is 0.382 e. The van der Waals surface area contributed by atoms with Crippen molar-refractivity contribution in [1.82, 2.24) is 25.3 Å². The van der Waals surface area contributed by atoms with E-state index in [4.69, 9.17) is 5.73 Å². The van der Waals surface area contributed by atoms with E-state index in [-0.39, 0.29) is 24.0 Å². The summed E-state index contributed by atoms with van der Waals surface area (Å²) in [6.45, 7) is 3.70. The molecule has 2 aromatic heterocycles. The van der Waals surface area contributed by atoms with Gasteiger partial charge in [0, 0.05) is 12.6 Å². The second-order valence-corrected chi connectivity index (χ2v) is 5.31. The molecule has 128 valence electrons. The van der Waals surface area contributed by atoms with Crippen molar-refractivity contribution in [3.8, 4) is 23.4 Å². The van der Waals surface area contributed by atoms with E-state index < -0.39 is 0 Å². The van der Waals surface area contributed by atoms with E-state index in [9.17, 15) is 4.79 Å². The number of aromatic nitrogens is 4. The highest BCUT2D eigenvalue weighted by atomic mass is 16.1. The average Bonchev–Trinajstić information content (AvgIpc) is 2.95. The van der Waals surface area contributed by atoms with Crippen LogP contribution in [0.1, 0.15) is 23.9 Å². The third-order valence-electron chi connectivity index (χ3n) is 3.30. The summed E-state index contributed by atoms with van der Waals surface area (Å²) in [4.78, 5) is 27.1. The fourth-order valence-corrected chi connectivity index (χ4v) is 2.17. The first kappa shape index (κ1) is 15.5. The summed E-state index contributed by atoms with van der Waals surface area (Å²) in [5, 5.41) is 2.59. The molecule has 7 nitrogen and oxygen atoms in total. The molecule has 24 heavy (non-hydrogen) atoms. The van der Waals surface area contributed by atoms with Gasteiger partial charge < -0.3 is 16.0 Å². The van der Waals surface area contributed by atoms with Crippen molar-refractivity contribution in [3.05, 3.63) is 35.7 Å². The van der Waals surface area contributed by atoms with Crippen molar-refractivity contribution in [3.63, 3.8) is 0 Å². The number of hydrogen-bond acceptors (Lipinski definition) is 5. The minimum atomic E-state index is -0.133. The quantitative estimate of drug-likeness (QED) is 0.626. The molecular formula is C17H24N6O. The van der Waals surface area contributed by atoms with Crippen LogP contribution in [0.4, 0.5) is 5.82 Å². The van der Waals surface area contributed by atoms with Gasteiger partial charge in [0.15, 0.2) is 11.6 Å². The van der Waals surface area contributed by atoms with Crippen LogP contribution in [0.3, 0.4) is 0 Å². The van der Waals surface area contributed by atoms with Gasteiger partial charge >= 0.3 is 0 Å². The van der Waals surface area contributed by atoms with Crippen LogP contribution in [0, 0.1) is 18.8 Å². The van der Waals surface area contributed by atoms with E-state index in [0.717, 1.165) is 16.6 Å². The first-order valence-corrected chi connectivity index (χ1v) is 7.35. The summed E-state index contributed by atoms with van der Waals surface area (Å²) < 4.78 is 0. The normalized spacial score (nSPS) is 10.2. The molecule has 0 fully saturated rings. The summed E-state index contributed by atoms with van der Waals surface area (Å²) in [6.07, 6.45) is 1.49. The fraction of sp³-hybridized carbons (Fsp3) is 0.176. The van der Waals surface area contributed by atoms with Crippen LogP contribution >= 0.6 is 0 Å². The van der Waals surface area contributed by atoms with Crippen molar-refractivity contribution in [2.45, 2.75) is 13.8 Å². The van der Waals surface area contributed by atoms with E-state index in [0.29, 0.717) is 17.2 Å². The number of fused-ring (bicyclic) bond motifs is 1. The number of carbonyl (C=O) groups is 1. The molecule has 7 heteroatoms. The maximum Gasteiger partial charge on any atom is 0.217 e. The smallest absolute Gasteiger partial charge is 0.217 e. The fourth-order valence-electron chi connectivity index (χ4n) is 2.17. The molecule has 0 unspecified atom stereocenters. The van der Waals surface area contributed by atoms with Crippen molar-refractivity contribution >= 4 is 22.8 Å². The summed E-state index contributed by atoms with van der Waals surface area (Å²) in [7, 11) is 0. The van der Waals surface area contributed by atoms with E-state index in [1.54, 1.807) is 0 Å². The number of nitrogen functional groups attached to an aromatic ring is 1. The number of anilines is 1. The number of H-pyrrole nitrogens is 1. The van der Waals surface area contributed by atoms with E-state index >= 15 is 0 Å². The van der Waals surface area contributed by atoms with Gasteiger partial charge in [-0.2, -0.15) is 0 Å². The molecule has 0 bridgehead atoms. The zero-order chi connectivity index (χ0) is 17.1. The lowest BCUT2D eigenvalue weighted by molar-refractivity contribution is -0.118. The molecule has 0 saturated heterocycles. The Bertz CT molecular complexity index is 996. The first-order valence-electron chi connectivity index (χ1n) is 7.35. The molecule has 0 spiro atoms. The number of amides is 1. The minimum absolute atomic E-state index is 0. The Hall–Kier alpha value is -3.40. The van der Waals surface area contributed by atoms with E-state index in [1.807, 2.05) is 25.1 Å². The number of hydrogen-bond donors (Lipinski definition) is 3. The highest BCUT2D eigenvalue weighted by Crippen LogP contribution is 2.23. The maximum absolute atomic E-state index is 10.8. The maximum atomic E-state index is 10.8. The Labute approximate surface area is 144 Å². The monoisotopic (exact) mass is 328 g/mol. The second-order valence-electron chi connectivity index (χ2n) is 5.31. The minimum Gasteiger partial charge on any atom is -0.382 e. The number of aromatic amines is 1. The summed E-state index contributed by atoms with van der Waals surface area (Å²) in [6, 6.07) is 5.93. The predicted molar refractivity (Wildman–Crippen MR) is 100 cm³/mol. The number of imidazole rings is 1. The second kappa shape index (κ2) is 6.38. The van der Waals surface area contributed by atoms with Crippen LogP contribution in [-0.4, -0.2) is 32.4 Å². The Kier molecular flexibility index (Phi) is 4.12. The number of nitrogens with one attached hydrogen (secondary N) is 2. The standard InChI is InChI=1S/C17H16N6O.4H2/c1-10-5-6-13-14(8-10)23-17(22-13)15-16(18)20-9-12(21-15)4-3-7-19-11(2)24;;;;/h5-6,8-9H,7H2,1-2H3,(H2,18,20)(H,19,24)(H,22,23);4*1H. The number of aryl methyl sites for hydroxylation is 1. The zero-order valence-electron chi connectivity index (χ0n) is 13.3. The van der Waals surface area contributed by atoms with Crippen molar-refractivity contribution in [2.24, 2.45) is 0 Å². The van der Waals surface area contributed by atoms with Crippen molar-refractivity contribution in [2.75, 3.05) is 12.3 Å². The number of carbonyl (C=O) groups excluding carboxylic acids is 1. The Morgan fingerprint density at radius 3 is 3.04 bits per heavy atom. The van der Waals surface area contributed by atoms with Crippen molar-refractivity contribution < 1.29 is 10.5 Å². The number of nitrogens with zero attached hydrogens (tertiary/aromatic N) is 3. The molecule has 3 rings (SSSR count). The first-order chi connectivity index (χ1) is 11.5. The van der Waals surface area contributed by atoms with E-state index in [2.05, 4.69) is 37.1 Å². The predicted octanol–water partition coefficient (Wildman–Crippen LogP) is 2.38. The molecule has 0 aliphatic carbocycles. The van der Waals surface area contributed by atoms with Crippen LogP contribution in [0.15, 0.2) is 24.4 Å². The number of nitrogens with two attached hydrogens (primary N) is 1. The molecule has 3 aromatic rings. The molecule has 2 heterocycles. The van der Waals surface area contributed by atoms with Crippen LogP contribution < -0.4 is 11.1 Å². The van der Waals surface area contributed by atoms with Gasteiger partial charge in [-0.15, -0.1) is 0 Å². The van der Waals surface area contributed by atoms with Gasteiger partial charge in [-0.05, 0) is 30.5 Å². The third-order valence-corrected chi connectivity index (χ3v) is 3.30. The third kappa shape index (κ3) is 3.33. The molecule has 0 aliphatic heterocycles. The lowest BCUT2D eigenvalue weighted by atomic mass is 10.2. The van der Waals surface area contributed by atoms with Gasteiger partial charge in [-0.3, -0.25) is 4.79 Å². The van der Waals surface area contributed by atoms with Gasteiger partial charge in [-0.25, -0.2) is 15.0 Å². The average molecular weight is 328 g/mol. The summed E-state index contributed by atoms with van der Waals surface area (Å²) in [5.41, 5.74) is 9.72. The Balaban J connectivity index is 0. The Morgan fingerprint density at radius 1 is 1.42 bits per heavy atom. The van der Waals surface area contributed by atoms with Gasteiger partial charge in [0.2, 0.25) is 5.91 Å². The van der Waals surface area contributed by atoms with Gasteiger partial charge in [-0.1, -0.05) is 12.0 Å². The molecule has 1 aromatic carbocycles. The Morgan fingerprint density at radius 2 is 2.25 bits per heavy atom. The van der Waals surface area contributed by atoms with Gasteiger partial charge in [0.1, 0.15) is 11.4 Å². The number of rotatable bonds is 2. The molecule has 1 amide bonds. The molecule has 0 radical (unpaired) electrons. The SMILES string of the molecule is CC(=O)NCC#Cc1cnc(N)c(-c2nc3ccc(C)cc3[nH]2)n1.[HH].[HH].[HH].[HH]. The highest BCUT2D eigenvalue weighted by molar-refractivity contribution is 5.81. The molecule has 0 aliphatic rings. The van der Waals surface area contributed by atoms with E-state index in [1.165, 1.54) is 13.1 Å². The number of benzene rings is 1. The molecule has 0 atom stereocenters. The van der Waals surface area contributed by atoms with Crippen molar-refractivity contribution in [1.29, 1.82) is 0 Å². The van der Waals surface area contributed by atoms with Gasteiger partial charge in [0.05, 0.1) is 23.8 Å². The van der Waals surface area contributed by atoms with Crippen LogP contribution in [0.2, 0.25) is 0 Å². The molecule has 0 saturated carbocycles. The van der Waals surface area contributed by atoms with Crippen LogP contribution in [-0.2, 0) is 4.79 Å². The van der Waals surface area contributed by atoms with Crippen LogP contribution in [0.25, 0.3) is 22.6 Å². The molecular weight excluding hydrogens is 304 g/mol. The van der Waals surface area contributed by atoms with Gasteiger partial charge in [0.25, 0.3) is 0 Å². The lowest BCUT2D eigenvalue weighted by Crippen LogP contribution is -2.19. The van der Waals surface area contributed by atoms with Crippen LogP contribution in [0.5, 0.6) is 0 Å².